The first-order valence-electron chi connectivity index (χ1n) is 13.7. The summed E-state index contributed by atoms with van der Waals surface area (Å²) in [6, 6.07) is 20.4. The maximum Gasteiger partial charge on any atom is 0.238 e. The Morgan fingerprint density at radius 1 is 1.10 bits per heavy atom. The number of carbonyl (C=O) groups is 2. The summed E-state index contributed by atoms with van der Waals surface area (Å²) < 4.78 is 0. The average molecular weight is 559 g/mol. The van der Waals surface area contributed by atoms with Gasteiger partial charge in [0, 0.05) is 41.0 Å². The number of nitrogens with zero attached hydrogens (tertiary/aromatic N) is 2. The van der Waals surface area contributed by atoms with Gasteiger partial charge in [0.1, 0.15) is 11.1 Å². The maximum absolute atomic E-state index is 13.2. The molecule has 1 unspecified atom stereocenters. The second-order valence-corrected chi connectivity index (χ2v) is 12.9. The van der Waals surface area contributed by atoms with Gasteiger partial charge in [0.15, 0.2) is 0 Å². The van der Waals surface area contributed by atoms with Crippen LogP contribution in [0.5, 0.6) is 0 Å². The van der Waals surface area contributed by atoms with Gasteiger partial charge in [-0.15, -0.1) is 23.1 Å². The van der Waals surface area contributed by atoms with E-state index in [4.69, 9.17) is 0 Å². The molecule has 2 heterocycles. The van der Waals surface area contributed by atoms with Crippen LogP contribution in [0.2, 0.25) is 0 Å². The maximum atomic E-state index is 13.2. The first-order valence-corrected chi connectivity index (χ1v) is 15.4. The molecule has 2 amide bonds. The van der Waals surface area contributed by atoms with E-state index in [1.807, 2.05) is 37.3 Å². The molecule has 0 saturated heterocycles. The van der Waals surface area contributed by atoms with E-state index < -0.39 is 0 Å². The van der Waals surface area contributed by atoms with Crippen molar-refractivity contribution in [2.75, 3.05) is 17.2 Å². The molecule has 1 atom stereocenters. The van der Waals surface area contributed by atoms with E-state index in [9.17, 15) is 14.9 Å². The quantitative estimate of drug-likeness (QED) is 0.297. The number of hydrogen-bond donors (Lipinski definition) is 2. The third kappa shape index (κ3) is 6.91. The van der Waals surface area contributed by atoms with Gasteiger partial charge >= 0.3 is 0 Å². The predicted octanol–water partition coefficient (Wildman–Crippen LogP) is 6.82. The zero-order chi connectivity index (χ0) is 27.2. The molecule has 6 nitrogen and oxygen atoms in total. The molecule has 2 N–H and O–H groups in total. The van der Waals surface area contributed by atoms with Crippen molar-refractivity contribution in [3.05, 3.63) is 76.2 Å². The molecule has 1 saturated carbocycles. The molecule has 0 radical (unpaired) electrons. The Kier molecular flexibility index (Phi) is 9.02. The molecular formula is C31H34N4O2S2. The molecule has 0 bridgehead atoms. The van der Waals surface area contributed by atoms with Crippen LogP contribution >= 0.6 is 23.1 Å². The zero-order valence-corrected chi connectivity index (χ0v) is 23.9. The summed E-state index contributed by atoms with van der Waals surface area (Å²) in [6.07, 6.45) is 6.17. The van der Waals surface area contributed by atoms with Crippen LogP contribution < -0.4 is 10.6 Å². The van der Waals surface area contributed by atoms with Gasteiger partial charge in [-0.25, -0.2) is 0 Å². The highest BCUT2D eigenvalue weighted by molar-refractivity contribution is 8.00. The summed E-state index contributed by atoms with van der Waals surface area (Å²) in [7, 11) is 0. The molecule has 1 aromatic heterocycles. The van der Waals surface area contributed by atoms with Crippen molar-refractivity contribution >= 4 is 45.6 Å². The molecule has 2 aliphatic rings. The minimum absolute atomic E-state index is 0.0932. The average Bonchev–Trinajstić information content (AvgIpc) is 3.30. The summed E-state index contributed by atoms with van der Waals surface area (Å²) in [4.78, 5) is 30.3. The second kappa shape index (κ2) is 12.8. The van der Waals surface area contributed by atoms with E-state index in [1.54, 1.807) is 0 Å². The summed E-state index contributed by atoms with van der Waals surface area (Å²) in [5.74, 6) is 0.0553. The van der Waals surface area contributed by atoms with Crippen LogP contribution in [0.1, 0.15) is 60.6 Å². The van der Waals surface area contributed by atoms with Crippen molar-refractivity contribution < 1.29 is 9.59 Å². The molecule has 1 aliphatic carbocycles. The Bertz CT molecular complexity index is 1360. The lowest BCUT2D eigenvalue weighted by atomic mass is 9.88. The third-order valence-electron chi connectivity index (χ3n) is 7.49. The second-order valence-electron chi connectivity index (χ2n) is 10.4. The Hall–Kier alpha value is -3.12. The SMILES string of the molecule is CC(Sc1cccc(NC(=O)C2CCCCC2)c1)C(=O)Nc1sc2c(c1C#N)CCN(Cc1ccccc1)C2. The third-order valence-corrected chi connectivity index (χ3v) is 9.72. The van der Waals surface area contributed by atoms with Crippen molar-refractivity contribution in [1.82, 2.24) is 4.90 Å². The van der Waals surface area contributed by atoms with Gasteiger partial charge in [-0.3, -0.25) is 14.5 Å². The largest absolute Gasteiger partial charge is 0.326 e. The molecule has 8 heteroatoms. The van der Waals surface area contributed by atoms with E-state index in [0.29, 0.717) is 10.6 Å². The molecule has 1 fully saturated rings. The van der Waals surface area contributed by atoms with Crippen LogP contribution in [-0.2, 0) is 29.1 Å². The number of anilines is 2. The van der Waals surface area contributed by atoms with Gasteiger partial charge in [-0.1, -0.05) is 55.7 Å². The summed E-state index contributed by atoms with van der Waals surface area (Å²) in [5.41, 5.74) is 3.71. The molecular weight excluding hydrogens is 525 g/mol. The van der Waals surface area contributed by atoms with Gasteiger partial charge in [-0.2, -0.15) is 5.26 Å². The molecule has 1 aliphatic heterocycles. The fourth-order valence-corrected chi connectivity index (χ4v) is 7.54. The zero-order valence-electron chi connectivity index (χ0n) is 22.2. The molecule has 3 aromatic rings. The highest BCUT2D eigenvalue weighted by Gasteiger charge is 2.27. The van der Waals surface area contributed by atoms with E-state index >= 15 is 0 Å². The van der Waals surface area contributed by atoms with Crippen LogP contribution in [-0.4, -0.2) is 28.5 Å². The Morgan fingerprint density at radius 3 is 2.67 bits per heavy atom. The minimum atomic E-state index is -0.366. The molecule has 5 rings (SSSR count). The van der Waals surface area contributed by atoms with Crippen LogP contribution in [0.15, 0.2) is 59.5 Å². The minimum Gasteiger partial charge on any atom is -0.326 e. The summed E-state index contributed by atoms with van der Waals surface area (Å²) in [5, 5.41) is 16.3. The fraction of sp³-hybridized carbons (Fsp3) is 0.387. The molecule has 202 valence electrons. The number of hydrogen-bond acceptors (Lipinski definition) is 6. The predicted molar refractivity (Wildman–Crippen MR) is 159 cm³/mol. The van der Waals surface area contributed by atoms with Crippen molar-refractivity contribution in [1.29, 1.82) is 5.26 Å². The topological polar surface area (TPSA) is 85.2 Å². The monoisotopic (exact) mass is 558 g/mol. The number of thioether (sulfide) groups is 1. The highest BCUT2D eigenvalue weighted by Crippen LogP contribution is 2.38. The standard InChI is InChI=1S/C31H34N4O2S2/c1-21(38-25-14-8-13-24(17-25)33-30(37)23-11-6-3-7-12-23)29(36)34-31-27(18-32)26-15-16-35(20-28(26)39-31)19-22-9-4-2-5-10-22/h2,4-5,8-10,13-14,17,21,23H,3,6-7,11-12,15-16,19-20H2,1H3,(H,33,37)(H,34,36). The lowest BCUT2D eigenvalue weighted by Gasteiger charge is -2.26. The van der Waals surface area contributed by atoms with E-state index in [2.05, 4.69) is 45.9 Å². The molecule has 39 heavy (non-hydrogen) atoms. The lowest BCUT2D eigenvalue weighted by molar-refractivity contribution is -0.120. The van der Waals surface area contributed by atoms with E-state index in [1.165, 1.54) is 35.1 Å². The molecule has 0 spiro atoms. The van der Waals surface area contributed by atoms with Crippen LogP contribution in [0.25, 0.3) is 0 Å². The lowest BCUT2D eigenvalue weighted by Crippen LogP contribution is -2.29. The Labute approximate surface area is 238 Å². The molecule has 2 aromatic carbocycles. The van der Waals surface area contributed by atoms with Crippen LogP contribution in [0.3, 0.4) is 0 Å². The van der Waals surface area contributed by atoms with Crippen molar-refractivity contribution in [2.45, 2.75) is 68.7 Å². The van der Waals surface area contributed by atoms with Crippen molar-refractivity contribution in [3.63, 3.8) is 0 Å². The van der Waals surface area contributed by atoms with E-state index in [-0.39, 0.29) is 23.0 Å². The summed E-state index contributed by atoms with van der Waals surface area (Å²) >= 11 is 2.97. The van der Waals surface area contributed by atoms with Gasteiger partial charge in [-0.05, 0) is 55.5 Å². The number of fused-ring (bicyclic) bond motifs is 1. The van der Waals surface area contributed by atoms with Gasteiger partial charge in [0.05, 0.1) is 10.8 Å². The number of nitrogens with one attached hydrogen (secondary N) is 2. The normalized spacial score (nSPS) is 16.6. The van der Waals surface area contributed by atoms with Crippen LogP contribution in [0.4, 0.5) is 10.7 Å². The summed E-state index contributed by atoms with van der Waals surface area (Å²) in [6.45, 7) is 4.41. The number of amides is 2. The number of thiophene rings is 1. The van der Waals surface area contributed by atoms with Gasteiger partial charge < -0.3 is 10.6 Å². The number of benzene rings is 2. The number of carbonyl (C=O) groups excluding carboxylic acids is 2. The Morgan fingerprint density at radius 2 is 1.90 bits per heavy atom. The number of rotatable bonds is 8. The first-order chi connectivity index (χ1) is 19.0. The number of nitriles is 1. The fourth-order valence-electron chi connectivity index (χ4n) is 5.37. The highest BCUT2D eigenvalue weighted by atomic mass is 32.2. The Balaban J connectivity index is 1.20. The van der Waals surface area contributed by atoms with Crippen LogP contribution in [0, 0.1) is 17.2 Å². The first kappa shape index (κ1) is 27.4. The van der Waals surface area contributed by atoms with Crippen molar-refractivity contribution in [3.8, 4) is 6.07 Å². The van der Waals surface area contributed by atoms with Gasteiger partial charge in [0.25, 0.3) is 0 Å². The smallest absolute Gasteiger partial charge is 0.238 e. The van der Waals surface area contributed by atoms with E-state index in [0.717, 1.165) is 72.8 Å². The van der Waals surface area contributed by atoms with Gasteiger partial charge in [0.2, 0.25) is 11.8 Å². The van der Waals surface area contributed by atoms with Crippen molar-refractivity contribution in [2.24, 2.45) is 5.92 Å².